The van der Waals surface area contributed by atoms with Gasteiger partial charge in [-0.25, -0.2) is 0 Å². The number of amides is 1. The Hall–Kier alpha value is -3.21. The second-order valence-electron chi connectivity index (χ2n) is 3.84. The normalized spacial score (nSPS) is 10.6. The summed E-state index contributed by atoms with van der Waals surface area (Å²) in [5.74, 6) is -0.600. The highest BCUT2D eigenvalue weighted by atomic mass is 16.5. The molecule has 0 spiro atoms. The molecule has 0 aliphatic carbocycles. The van der Waals surface area contributed by atoms with Crippen molar-refractivity contribution in [2.24, 2.45) is 5.10 Å². The molecule has 0 N–H and O–H groups in total. The fraction of sp³-hybridized carbons (Fsp3) is 0.0833. The maximum Gasteiger partial charge on any atom is 0.302 e. The summed E-state index contributed by atoms with van der Waals surface area (Å²) in [4.78, 5) is 11.0. The van der Waals surface area contributed by atoms with Crippen LogP contribution < -0.4 is 9.46 Å². The number of benzene rings is 1. The highest BCUT2D eigenvalue weighted by Crippen LogP contribution is 2.04. The molecule has 0 unspecified atom stereocenters. The highest BCUT2D eigenvalue weighted by molar-refractivity contribution is 5.80. The summed E-state index contributed by atoms with van der Waals surface area (Å²) in [6, 6.07) is 6.25. The summed E-state index contributed by atoms with van der Waals surface area (Å²) in [5, 5.41) is 36.5. The zero-order chi connectivity index (χ0) is 14.7. The Kier molecular flexibility index (Phi) is 3.43. The molecule has 8 nitrogen and oxygen atoms in total. The van der Waals surface area contributed by atoms with Crippen molar-refractivity contribution in [3.63, 3.8) is 0 Å². The first-order chi connectivity index (χ1) is 9.54. The maximum absolute atomic E-state index is 12.0. The van der Waals surface area contributed by atoms with Gasteiger partial charge in [-0.2, -0.15) is 19.8 Å². The van der Waals surface area contributed by atoms with Gasteiger partial charge in [0.15, 0.2) is 0 Å². The smallest absolute Gasteiger partial charge is 0.302 e. The summed E-state index contributed by atoms with van der Waals surface area (Å²) in [6.07, 6.45) is 3.54. The molecule has 8 heteroatoms. The molecular weight excluding hydrogens is 262 g/mol. The van der Waals surface area contributed by atoms with Crippen LogP contribution >= 0.6 is 0 Å². The monoisotopic (exact) mass is 271 g/mol. The molecule has 0 saturated heterocycles. The Bertz CT molecular complexity index is 751. The molecule has 0 bridgehead atoms. The number of fused-ring (bicyclic) bond motifs is 1. The number of hydrazone groups is 1. The summed E-state index contributed by atoms with van der Waals surface area (Å²) >= 11 is 0. The van der Waals surface area contributed by atoms with E-state index in [1.807, 2.05) is 0 Å². The van der Waals surface area contributed by atoms with Crippen LogP contribution in [0.25, 0.3) is 11.0 Å². The van der Waals surface area contributed by atoms with Crippen LogP contribution in [0.3, 0.4) is 0 Å². The van der Waals surface area contributed by atoms with Gasteiger partial charge in [-0.15, -0.1) is 5.01 Å². The molecule has 1 aromatic heterocycles. The average Bonchev–Trinajstić information content (AvgIpc) is 2.44. The first-order valence-electron chi connectivity index (χ1n) is 5.53. The van der Waals surface area contributed by atoms with Crippen LogP contribution in [-0.2, 0) is 4.79 Å². The largest absolute Gasteiger partial charge is 0.618 e. The van der Waals surface area contributed by atoms with E-state index in [4.69, 9.17) is 5.26 Å². The fourth-order valence-electron chi connectivity index (χ4n) is 1.58. The van der Waals surface area contributed by atoms with E-state index in [0.29, 0.717) is 14.5 Å². The molecule has 2 rings (SSSR count). The highest BCUT2D eigenvalue weighted by Gasteiger charge is 2.17. The van der Waals surface area contributed by atoms with Crippen molar-refractivity contribution >= 4 is 23.2 Å². The number of hydrogen-bond acceptors (Lipinski definition) is 5. The van der Waals surface area contributed by atoms with E-state index >= 15 is 0 Å². The predicted molar refractivity (Wildman–Crippen MR) is 67.6 cm³/mol. The fourth-order valence-corrected chi connectivity index (χ4v) is 1.58. The Morgan fingerprint density at radius 1 is 1.40 bits per heavy atom. The Morgan fingerprint density at radius 3 is 2.65 bits per heavy atom. The number of nitrogens with zero attached hydrogens (tertiary/aromatic N) is 5. The molecule has 1 amide bonds. The molecule has 0 radical (unpaired) electrons. The van der Waals surface area contributed by atoms with Gasteiger partial charge in [-0.1, -0.05) is 12.1 Å². The van der Waals surface area contributed by atoms with Gasteiger partial charge >= 0.3 is 5.69 Å². The van der Waals surface area contributed by atoms with Gasteiger partial charge in [0, 0.05) is 19.1 Å². The molecule has 1 heterocycles. The summed E-state index contributed by atoms with van der Waals surface area (Å²) in [7, 11) is 0. The lowest BCUT2D eigenvalue weighted by Crippen LogP contribution is -2.41. The standard InChI is InChI=1S/C12H9N5O3/c1-9(18)15(8-13)14-6-10-7-16(19)11-4-2-3-5-12(11)17(10)20/h2-7H,1H3. The predicted octanol–water partition coefficient (Wildman–Crippen LogP) is -0.230. The van der Waals surface area contributed by atoms with Crippen molar-refractivity contribution < 1.29 is 14.3 Å². The lowest BCUT2D eigenvalue weighted by molar-refractivity contribution is -0.629. The van der Waals surface area contributed by atoms with Gasteiger partial charge in [0.05, 0.1) is 0 Å². The third kappa shape index (κ3) is 2.32. The Morgan fingerprint density at radius 2 is 2.05 bits per heavy atom. The average molecular weight is 271 g/mol. The van der Waals surface area contributed by atoms with Gasteiger partial charge in [0.2, 0.25) is 6.19 Å². The Balaban J connectivity index is 2.51. The molecule has 0 aliphatic heterocycles. The van der Waals surface area contributed by atoms with Crippen LogP contribution in [0.2, 0.25) is 0 Å². The number of nitriles is 1. The number of carbonyl (C=O) groups is 1. The van der Waals surface area contributed by atoms with E-state index in [1.165, 1.54) is 18.3 Å². The van der Waals surface area contributed by atoms with Crippen molar-refractivity contribution in [1.29, 1.82) is 5.26 Å². The van der Waals surface area contributed by atoms with Crippen molar-refractivity contribution in [3.8, 4) is 6.19 Å². The minimum Gasteiger partial charge on any atom is -0.618 e. The van der Waals surface area contributed by atoms with Crippen LogP contribution in [0.4, 0.5) is 0 Å². The number of carbonyl (C=O) groups excluding carboxylic acids is 1. The van der Waals surface area contributed by atoms with Crippen molar-refractivity contribution in [2.75, 3.05) is 0 Å². The summed E-state index contributed by atoms with van der Waals surface area (Å²) in [5.41, 5.74) is 0.293. The second kappa shape index (κ2) is 5.19. The SMILES string of the molecule is CC(=O)N(C#N)N=Cc1c[n+]([O-])c2ccccc2[n+]1[O-]. The van der Waals surface area contributed by atoms with Gasteiger partial charge in [0.1, 0.15) is 6.21 Å². The van der Waals surface area contributed by atoms with E-state index in [9.17, 15) is 15.2 Å². The molecule has 2 aromatic rings. The van der Waals surface area contributed by atoms with Crippen LogP contribution in [0, 0.1) is 21.9 Å². The Labute approximate surface area is 113 Å². The third-order valence-corrected chi connectivity index (χ3v) is 2.52. The second-order valence-corrected chi connectivity index (χ2v) is 3.84. The van der Waals surface area contributed by atoms with E-state index in [-0.39, 0.29) is 16.7 Å². The first kappa shape index (κ1) is 13.2. The molecule has 0 saturated carbocycles. The van der Waals surface area contributed by atoms with Crippen LogP contribution in [-0.4, -0.2) is 17.1 Å². The minimum atomic E-state index is -0.600. The number of aromatic nitrogens is 2. The molecule has 0 atom stereocenters. The van der Waals surface area contributed by atoms with E-state index in [1.54, 1.807) is 12.1 Å². The topological polar surface area (TPSA) is 110 Å². The number of para-hydroxylation sites is 2. The summed E-state index contributed by atoms with van der Waals surface area (Å²) < 4.78 is 1.03. The van der Waals surface area contributed by atoms with Crippen molar-refractivity contribution in [2.45, 2.75) is 6.92 Å². The molecule has 100 valence electrons. The van der Waals surface area contributed by atoms with Crippen LogP contribution in [0.5, 0.6) is 0 Å². The minimum absolute atomic E-state index is 0.0831. The quantitative estimate of drug-likeness (QED) is 0.187. The lowest BCUT2D eigenvalue weighted by atomic mass is 10.3. The zero-order valence-electron chi connectivity index (χ0n) is 10.4. The first-order valence-corrected chi connectivity index (χ1v) is 5.53. The molecule has 0 fully saturated rings. The molecular formula is C12H9N5O3. The summed E-state index contributed by atoms with van der Waals surface area (Å²) in [6.45, 7) is 1.15. The van der Waals surface area contributed by atoms with Gasteiger partial charge in [0.25, 0.3) is 23.1 Å². The molecule has 20 heavy (non-hydrogen) atoms. The van der Waals surface area contributed by atoms with Gasteiger partial charge in [-0.3, -0.25) is 4.79 Å². The van der Waals surface area contributed by atoms with Gasteiger partial charge < -0.3 is 10.4 Å². The lowest BCUT2D eigenvalue weighted by Gasteiger charge is -2.06. The number of rotatable bonds is 2. The van der Waals surface area contributed by atoms with Crippen molar-refractivity contribution in [3.05, 3.63) is 46.6 Å². The van der Waals surface area contributed by atoms with E-state index < -0.39 is 5.91 Å². The van der Waals surface area contributed by atoms with Crippen LogP contribution in [0.1, 0.15) is 12.6 Å². The van der Waals surface area contributed by atoms with Crippen molar-refractivity contribution in [1.82, 2.24) is 5.01 Å². The van der Waals surface area contributed by atoms with Crippen LogP contribution in [0.15, 0.2) is 35.6 Å². The number of hydrogen-bond donors (Lipinski definition) is 0. The molecule has 1 aromatic carbocycles. The van der Waals surface area contributed by atoms with Gasteiger partial charge in [-0.05, 0) is 0 Å². The third-order valence-electron chi connectivity index (χ3n) is 2.52. The zero-order valence-corrected chi connectivity index (χ0v) is 10.4. The molecule has 0 aliphatic rings. The van der Waals surface area contributed by atoms with E-state index in [0.717, 1.165) is 19.3 Å². The maximum atomic E-state index is 12.0. The van der Waals surface area contributed by atoms with E-state index in [2.05, 4.69) is 5.10 Å².